The highest BCUT2D eigenvalue weighted by molar-refractivity contribution is 6.04. The number of hydrogen-bond acceptors (Lipinski definition) is 4. The van der Waals surface area contributed by atoms with Crippen LogP contribution in [-0.2, 0) is 9.63 Å². The fraction of sp³-hybridized carbons (Fsp3) is 0.300. The summed E-state index contributed by atoms with van der Waals surface area (Å²) >= 11 is 0. The van der Waals surface area contributed by atoms with Gasteiger partial charge in [-0.3, -0.25) is 4.79 Å². The molecule has 0 aliphatic carbocycles. The molecule has 5 nitrogen and oxygen atoms in total. The monoisotopic (exact) mass is 337 g/mol. The van der Waals surface area contributed by atoms with Gasteiger partial charge in [-0.1, -0.05) is 53.7 Å². The molecule has 2 aromatic carbocycles. The standard InChI is InChI=1S/C20H23N3O2/c1-15(23(2)17-11-7-4-8-12-17)14-21-20(24)19-13-18(22-25-19)16-9-5-3-6-10-16/h3-12,15,19H,13-14H2,1-2H3,(H,21,24). The molecular formula is C20H23N3O2. The summed E-state index contributed by atoms with van der Waals surface area (Å²) in [6.07, 6.45) is -0.0527. The minimum atomic E-state index is -0.551. The molecule has 0 saturated heterocycles. The van der Waals surface area contributed by atoms with E-state index < -0.39 is 6.10 Å². The Morgan fingerprint density at radius 3 is 2.52 bits per heavy atom. The summed E-state index contributed by atoms with van der Waals surface area (Å²) in [5.41, 5.74) is 2.93. The lowest BCUT2D eigenvalue weighted by molar-refractivity contribution is -0.131. The second-order valence-corrected chi connectivity index (χ2v) is 6.24. The van der Waals surface area contributed by atoms with Gasteiger partial charge in [-0.25, -0.2) is 0 Å². The summed E-state index contributed by atoms with van der Waals surface area (Å²) in [6.45, 7) is 2.62. The Labute approximate surface area is 148 Å². The molecule has 25 heavy (non-hydrogen) atoms. The quantitative estimate of drug-likeness (QED) is 0.882. The average molecular weight is 337 g/mol. The Balaban J connectivity index is 1.49. The molecule has 0 fully saturated rings. The van der Waals surface area contributed by atoms with Gasteiger partial charge in [-0.15, -0.1) is 0 Å². The molecular weight excluding hydrogens is 314 g/mol. The maximum absolute atomic E-state index is 12.4. The number of benzene rings is 2. The molecule has 1 aliphatic heterocycles. The Kier molecular flexibility index (Phi) is 5.33. The molecule has 0 aromatic heterocycles. The number of nitrogens with zero attached hydrogens (tertiary/aromatic N) is 2. The summed E-state index contributed by atoms with van der Waals surface area (Å²) in [5, 5.41) is 7.03. The number of anilines is 1. The molecule has 3 rings (SSSR count). The smallest absolute Gasteiger partial charge is 0.264 e. The van der Waals surface area contributed by atoms with E-state index >= 15 is 0 Å². The van der Waals surface area contributed by atoms with E-state index in [-0.39, 0.29) is 11.9 Å². The van der Waals surface area contributed by atoms with Crippen molar-refractivity contribution in [1.82, 2.24) is 5.32 Å². The fourth-order valence-electron chi connectivity index (χ4n) is 2.74. The van der Waals surface area contributed by atoms with Gasteiger partial charge in [0.05, 0.1) is 5.71 Å². The molecule has 0 spiro atoms. The van der Waals surface area contributed by atoms with Crippen molar-refractivity contribution in [3.63, 3.8) is 0 Å². The number of likely N-dealkylation sites (N-methyl/N-ethyl adjacent to an activating group) is 1. The van der Waals surface area contributed by atoms with E-state index in [2.05, 4.69) is 34.4 Å². The molecule has 1 aliphatic rings. The van der Waals surface area contributed by atoms with E-state index in [1.54, 1.807) is 0 Å². The molecule has 1 amide bonds. The Hall–Kier alpha value is -2.82. The third-order valence-corrected chi connectivity index (χ3v) is 4.46. The van der Waals surface area contributed by atoms with Gasteiger partial charge in [0.15, 0.2) is 0 Å². The normalized spacial score (nSPS) is 17.4. The Morgan fingerprint density at radius 2 is 1.84 bits per heavy atom. The highest BCUT2D eigenvalue weighted by Gasteiger charge is 2.29. The van der Waals surface area contributed by atoms with Crippen LogP contribution < -0.4 is 10.2 Å². The third-order valence-electron chi connectivity index (χ3n) is 4.46. The van der Waals surface area contributed by atoms with Gasteiger partial charge in [0.1, 0.15) is 0 Å². The molecule has 0 radical (unpaired) electrons. The number of oxime groups is 1. The predicted octanol–water partition coefficient (Wildman–Crippen LogP) is 2.82. The molecule has 5 heteroatoms. The topological polar surface area (TPSA) is 53.9 Å². The average Bonchev–Trinajstić information content (AvgIpc) is 3.17. The Morgan fingerprint density at radius 1 is 1.20 bits per heavy atom. The van der Waals surface area contributed by atoms with Gasteiger partial charge in [0.2, 0.25) is 6.10 Å². The van der Waals surface area contributed by atoms with Crippen molar-refractivity contribution >= 4 is 17.3 Å². The number of para-hydroxylation sites is 1. The Bertz CT molecular complexity index is 731. The number of carbonyl (C=O) groups excluding carboxylic acids is 1. The van der Waals surface area contributed by atoms with Crippen LogP contribution in [0.3, 0.4) is 0 Å². The molecule has 1 heterocycles. The summed E-state index contributed by atoms with van der Waals surface area (Å²) in [5.74, 6) is -0.122. The zero-order chi connectivity index (χ0) is 17.6. The second-order valence-electron chi connectivity index (χ2n) is 6.24. The first-order chi connectivity index (χ1) is 12.1. The van der Waals surface area contributed by atoms with E-state index in [1.165, 1.54) is 0 Å². The van der Waals surface area contributed by atoms with Crippen LogP contribution in [0.25, 0.3) is 0 Å². The van der Waals surface area contributed by atoms with Crippen molar-refractivity contribution in [2.75, 3.05) is 18.5 Å². The molecule has 0 saturated carbocycles. The van der Waals surface area contributed by atoms with Gasteiger partial charge in [-0.2, -0.15) is 0 Å². The predicted molar refractivity (Wildman–Crippen MR) is 99.8 cm³/mol. The fourth-order valence-corrected chi connectivity index (χ4v) is 2.74. The minimum absolute atomic E-state index is 0.122. The van der Waals surface area contributed by atoms with Crippen molar-refractivity contribution in [1.29, 1.82) is 0 Å². The van der Waals surface area contributed by atoms with Crippen LogP contribution in [0.4, 0.5) is 5.69 Å². The lowest BCUT2D eigenvalue weighted by Gasteiger charge is -2.27. The van der Waals surface area contributed by atoms with Crippen LogP contribution in [0, 0.1) is 0 Å². The van der Waals surface area contributed by atoms with Crippen molar-refractivity contribution in [2.45, 2.75) is 25.5 Å². The summed E-state index contributed by atoms with van der Waals surface area (Å²) < 4.78 is 0. The van der Waals surface area contributed by atoms with Crippen LogP contribution in [0.15, 0.2) is 65.8 Å². The zero-order valence-corrected chi connectivity index (χ0v) is 14.6. The molecule has 130 valence electrons. The van der Waals surface area contributed by atoms with E-state index in [4.69, 9.17) is 4.84 Å². The van der Waals surface area contributed by atoms with Crippen molar-refractivity contribution in [2.24, 2.45) is 5.16 Å². The van der Waals surface area contributed by atoms with Crippen LogP contribution in [0.2, 0.25) is 0 Å². The van der Waals surface area contributed by atoms with E-state index in [0.29, 0.717) is 13.0 Å². The molecule has 2 aromatic rings. The van der Waals surface area contributed by atoms with Crippen molar-refractivity contribution in [3.8, 4) is 0 Å². The van der Waals surface area contributed by atoms with Gasteiger partial charge >= 0.3 is 0 Å². The van der Waals surface area contributed by atoms with Crippen LogP contribution in [0.5, 0.6) is 0 Å². The van der Waals surface area contributed by atoms with Crippen LogP contribution >= 0.6 is 0 Å². The van der Waals surface area contributed by atoms with E-state index in [1.807, 2.05) is 55.6 Å². The molecule has 0 bridgehead atoms. The van der Waals surface area contributed by atoms with Crippen molar-refractivity contribution < 1.29 is 9.63 Å². The first-order valence-corrected chi connectivity index (χ1v) is 8.49. The lowest BCUT2D eigenvalue weighted by atomic mass is 10.0. The minimum Gasteiger partial charge on any atom is -0.382 e. The largest absolute Gasteiger partial charge is 0.382 e. The number of hydrogen-bond donors (Lipinski definition) is 1. The first kappa shape index (κ1) is 17.0. The van der Waals surface area contributed by atoms with Gasteiger partial charge in [0.25, 0.3) is 5.91 Å². The van der Waals surface area contributed by atoms with Crippen LogP contribution in [-0.4, -0.2) is 37.4 Å². The molecule has 2 atom stereocenters. The number of amides is 1. The second kappa shape index (κ2) is 7.83. The van der Waals surface area contributed by atoms with Gasteiger partial charge in [0, 0.05) is 31.7 Å². The lowest BCUT2D eigenvalue weighted by Crippen LogP contribution is -2.43. The number of carbonyl (C=O) groups is 1. The van der Waals surface area contributed by atoms with Gasteiger partial charge < -0.3 is 15.1 Å². The number of rotatable bonds is 6. The molecule has 1 N–H and O–H groups in total. The first-order valence-electron chi connectivity index (χ1n) is 8.49. The maximum atomic E-state index is 12.4. The van der Waals surface area contributed by atoms with E-state index in [0.717, 1.165) is 17.0 Å². The summed E-state index contributed by atoms with van der Waals surface area (Å²) in [7, 11) is 2.02. The summed E-state index contributed by atoms with van der Waals surface area (Å²) in [4.78, 5) is 19.8. The van der Waals surface area contributed by atoms with Crippen molar-refractivity contribution in [3.05, 3.63) is 66.2 Å². The SMILES string of the molecule is CC(CNC(=O)C1CC(c2ccccc2)=NO1)N(C)c1ccccc1. The van der Waals surface area contributed by atoms with Crippen LogP contribution in [0.1, 0.15) is 18.9 Å². The van der Waals surface area contributed by atoms with E-state index in [9.17, 15) is 4.79 Å². The molecule has 2 unspecified atom stereocenters. The number of nitrogens with one attached hydrogen (secondary N) is 1. The van der Waals surface area contributed by atoms with Gasteiger partial charge in [-0.05, 0) is 24.6 Å². The highest BCUT2D eigenvalue weighted by atomic mass is 16.6. The highest BCUT2D eigenvalue weighted by Crippen LogP contribution is 2.17. The maximum Gasteiger partial charge on any atom is 0.264 e. The third kappa shape index (κ3) is 4.18. The zero-order valence-electron chi connectivity index (χ0n) is 14.6. The summed E-state index contributed by atoms with van der Waals surface area (Å²) in [6, 6.07) is 20.1.